The molecule has 1 amide bonds. The number of hydrogen-bond donors (Lipinski definition) is 1. The maximum atomic E-state index is 13.3. The van der Waals surface area contributed by atoms with Crippen molar-refractivity contribution >= 4 is 11.8 Å². The summed E-state index contributed by atoms with van der Waals surface area (Å²) in [5.74, 6) is -0.376. The number of alkyl halides is 3. The number of halogens is 4. The first-order valence-corrected chi connectivity index (χ1v) is 8.90. The molecule has 0 spiro atoms. The predicted molar refractivity (Wildman–Crippen MR) is 96.6 cm³/mol. The highest BCUT2D eigenvalue weighted by atomic mass is 19.4. The van der Waals surface area contributed by atoms with Gasteiger partial charge in [-0.3, -0.25) is 0 Å². The van der Waals surface area contributed by atoms with Crippen molar-refractivity contribution in [3.63, 3.8) is 0 Å². The third-order valence-electron chi connectivity index (χ3n) is 4.97. The molecule has 1 saturated heterocycles. The van der Waals surface area contributed by atoms with Crippen LogP contribution in [0.2, 0.25) is 0 Å². The van der Waals surface area contributed by atoms with E-state index in [1.807, 2.05) is 4.90 Å². The topological polar surface area (TPSA) is 43.8 Å². The number of piperidine rings is 1. The maximum Gasteiger partial charge on any atom is 0.416 e. The lowest BCUT2D eigenvalue weighted by Crippen LogP contribution is -2.46. The Morgan fingerprint density at radius 2 is 1.61 bits per heavy atom. The van der Waals surface area contributed by atoms with Crippen molar-refractivity contribution in [1.29, 1.82) is 0 Å². The summed E-state index contributed by atoms with van der Waals surface area (Å²) in [5.41, 5.74) is 0.729. The molecule has 0 radical (unpaired) electrons. The van der Waals surface area contributed by atoms with Crippen molar-refractivity contribution in [2.75, 3.05) is 18.0 Å². The van der Waals surface area contributed by atoms with E-state index in [0.29, 0.717) is 38.0 Å². The summed E-state index contributed by atoms with van der Waals surface area (Å²) in [6.45, 7) is 1.11. The van der Waals surface area contributed by atoms with Gasteiger partial charge in [0.25, 0.3) is 0 Å². The molecule has 28 heavy (non-hydrogen) atoms. The van der Waals surface area contributed by atoms with Gasteiger partial charge in [-0.2, -0.15) is 13.2 Å². The number of hydrogen-bond acceptors (Lipinski definition) is 2. The fraction of sp³-hybridized carbons (Fsp3) is 0.350. The Balaban J connectivity index is 1.81. The zero-order chi connectivity index (χ0) is 20.3. The summed E-state index contributed by atoms with van der Waals surface area (Å²) in [5, 5.41) is 9.12. The fourth-order valence-corrected chi connectivity index (χ4v) is 3.43. The van der Waals surface area contributed by atoms with Gasteiger partial charge in [-0.05, 0) is 54.8 Å². The number of amides is 1. The zero-order valence-electron chi connectivity index (χ0n) is 15.0. The number of anilines is 1. The molecule has 0 saturated carbocycles. The largest absolute Gasteiger partial charge is 0.465 e. The lowest BCUT2D eigenvalue weighted by molar-refractivity contribution is -0.137. The van der Waals surface area contributed by atoms with Crippen LogP contribution < -0.4 is 4.90 Å². The summed E-state index contributed by atoms with van der Waals surface area (Å²) in [6, 6.07) is 10.9. The number of rotatable bonds is 4. The second-order valence-corrected chi connectivity index (χ2v) is 6.80. The molecule has 4 nitrogen and oxygen atoms in total. The summed E-state index contributed by atoms with van der Waals surface area (Å²) in [4.78, 5) is 14.5. The van der Waals surface area contributed by atoms with Crippen LogP contribution in [0.4, 0.5) is 28.0 Å². The Bertz CT molecular complexity index is 798. The smallest absolute Gasteiger partial charge is 0.416 e. The van der Waals surface area contributed by atoms with E-state index in [2.05, 4.69) is 0 Å². The first-order valence-electron chi connectivity index (χ1n) is 8.90. The third-order valence-corrected chi connectivity index (χ3v) is 4.97. The van der Waals surface area contributed by atoms with Crippen molar-refractivity contribution in [2.24, 2.45) is 0 Å². The molecule has 8 heteroatoms. The zero-order valence-corrected chi connectivity index (χ0v) is 15.0. The van der Waals surface area contributed by atoms with Gasteiger partial charge in [0.2, 0.25) is 0 Å². The summed E-state index contributed by atoms with van der Waals surface area (Å²) < 4.78 is 51.7. The average Bonchev–Trinajstić information content (AvgIpc) is 2.67. The highest BCUT2D eigenvalue weighted by molar-refractivity contribution is 5.65. The Morgan fingerprint density at radius 1 is 1.04 bits per heavy atom. The SMILES string of the molecule is O=C(O)N1CCC(N(Cc2ccc(C(F)(F)F)cc2)c2ccc(F)cc2)CC1. The molecule has 1 aliphatic heterocycles. The van der Waals surface area contributed by atoms with Gasteiger partial charge in [0.05, 0.1) is 5.56 Å². The lowest BCUT2D eigenvalue weighted by atomic mass is 10.0. The van der Waals surface area contributed by atoms with Crippen LogP contribution in [0.25, 0.3) is 0 Å². The van der Waals surface area contributed by atoms with Crippen molar-refractivity contribution in [1.82, 2.24) is 4.90 Å². The molecule has 0 aliphatic carbocycles. The molecule has 0 aromatic heterocycles. The van der Waals surface area contributed by atoms with Crippen LogP contribution >= 0.6 is 0 Å². The molecule has 1 fully saturated rings. The van der Waals surface area contributed by atoms with Gasteiger partial charge in [0.1, 0.15) is 5.82 Å². The summed E-state index contributed by atoms with van der Waals surface area (Å²) >= 11 is 0. The monoisotopic (exact) mass is 396 g/mol. The van der Waals surface area contributed by atoms with Gasteiger partial charge >= 0.3 is 12.3 Å². The molecule has 1 aliphatic rings. The van der Waals surface area contributed by atoms with E-state index in [9.17, 15) is 22.4 Å². The van der Waals surface area contributed by atoms with Crippen molar-refractivity contribution in [3.8, 4) is 0 Å². The predicted octanol–water partition coefficient (Wildman–Crippen LogP) is 4.99. The Morgan fingerprint density at radius 3 is 2.11 bits per heavy atom. The first-order chi connectivity index (χ1) is 13.2. The van der Waals surface area contributed by atoms with Crippen molar-refractivity contribution in [3.05, 3.63) is 65.5 Å². The first kappa shape index (κ1) is 20.0. The lowest BCUT2D eigenvalue weighted by Gasteiger charge is -2.39. The minimum atomic E-state index is -4.39. The summed E-state index contributed by atoms with van der Waals surface area (Å²) in [6.07, 6.45) is -4.18. The molecule has 2 aromatic carbocycles. The van der Waals surface area contributed by atoms with Crippen LogP contribution in [-0.2, 0) is 12.7 Å². The van der Waals surface area contributed by atoms with Crippen LogP contribution in [0.5, 0.6) is 0 Å². The van der Waals surface area contributed by atoms with Gasteiger partial charge in [-0.15, -0.1) is 0 Å². The Kier molecular flexibility index (Phi) is 5.76. The molecule has 1 N–H and O–H groups in total. The third kappa shape index (κ3) is 4.74. The molecule has 3 rings (SSSR count). The minimum absolute atomic E-state index is 0.00311. The van der Waals surface area contributed by atoms with E-state index in [0.717, 1.165) is 17.8 Å². The number of carbonyl (C=O) groups is 1. The molecular formula is C20H20F4N2O2. The van der Waals surface area contributed by atoms with E-state index < -0.39 is 17.8 Å². The van der Waals surface area contributed by atoms with Gasteiger partial charge in [-0.1, -0.05) is 12.1 Å². The number of benzene rings is 2. The molecule has 150 valence electrons. The molecular weight excluding hydrogens is 376 g/mol. The van der Waals surface area contributed by atoms with Crippen LogP contribution in [-0.4, -0.2) is 35.2 Å². The molecule has 0 bridgehead atoms. The van der Waals surface area contributed by atoms with Crippen molar-refractivity contribution in [2.45, 2.75) is 31.6 Å². The molecule has 0 atom stereocenters. The standard InChI is InChI=1S/C20H20F4N2O2/c21-16-5-7-17(8-6-16)26(18-9-11-25(12-10-18)19(27)28)13-14-1-3-15(4-2-14)20(22,23)24/h1-8,18H,9-13H2,(H,27,28). The van der Waals surface area contributed by atoms with E-state index in [-0.39, 0.29) is 11.9 Å². The number of likely N-dealkylation sites (tertiary alicyclic amines) is 1. The van der Waals surface area contributed by atoms with Crippen LogP contribution in [0.1, 0.15) is 24.0 Å². The van der Waals surface area contributed by atoms with E-state index in [4.69, 9.17) is 5.11 Å². The number of carboxylic acid groups (broad SMARTS) is 1. The van der Waals surface area contributed by atoms with E-state index in [1.165, 1.54) is 29.2 Å². The molecule has 2 aromatic rings. The van der Waals surface area contributed by atoms with Crippen LogP contribution in [0, 0.1) is 5.82 Å². The fourth-order valence-electron chi connectivity index (χ4n) is 3.43. The minimum Gasteiger partial charge on any atom is -0.465 e. The second-order valence-electron chi connectivity index (χ2n) is 6.80. The second kappa shape index (κ2) is 8.08. The van der Waals surface area contributed by atoms with Gasteiger partial charge in [0, 0.05) is 31.4 Å². The summed E-state index contributed by atoms with van der Waals surface area (Å²) in [7, 11) is 0. The normalized spacial score (nSPS) is 15.5. The maximum absolute atomic E-state index is 13.3. The van der Waals surface area contributed by atoms with E-state index >= 15 is 0 Å². The van der Waals surface area contributed by atoms with Crippen molar-refractivity contribution < 1.29 is 27.5 Å². The highest BCUT2D eigenvalue weighted by Gasteiger charge is 2.30. The van der Waals surface area contributed by atoms with Crippen LogP contribution in [0.15, 0.2) is 48.5 Å². The van der Waals surface area contributed by atoms with Gasteiger partial charge in [-0.25, -0.2) is 9.18 Å². The number of nitrogens with zero attached hydrogens (tertiary/aromatic N) is 2. The Hall–Kier alpha value is -2.77. The quantitative estimate of drug-likeness (QED) is 0.741. The average molecular weight is 396 g/mol. The van der Waals surface area contributed by atoms with Crippen LogP contribution in [0.3, 0.4) is 0 Å². The highest BCUT2D eigenvalue weighted by Crippen LogP contribution is 2.30. The molecule has 1 heterocycles. The van der Waals surface area contributed by atoms with Gasteiger partial charge < -0.3 is 14.9 Å². The van der Waals surface area contributed by atoms with Gasteiger partial charge in [0.15, 0.2) is 0 Å². The Labute approximate surface area is 160 Å². The van der Waals surface area contributed by atoms with E-state index in [1.54, 1.807) is 12.1 Å². The molecule has 0 unspecified atom stereocenters.